The summed E-state index contributed by atoms with van der Waals surface area (Å²) in [7, 11) is 5.65. The summed E-state index contributed by atoms with van der Waals surface area (Å²) in [5, 5.41) is 14.1. The number of amides is 2. The summed E-state index contributed by atoms with van der Waals surface area (Å²) < 4.78 is 13.2. The van der Waals surface area contributed by atoms with Gasteiger partial charge in [-0.2, -0.15) is 10.4 Å². The summed E-state index contributed by atoms with van der Waals surface area (Å²) in [5.41, 5.74) is 3.72. The molecule has 1 saturated heterocycles. The lowest BCUT2D eigenvalue weighted by atomic mass is 9.78. The largest absolute Gasteiger partial charge is 0.495 e. The Balaban J connectivity index is 1.14. The third-order valence-corrected chi connectivity index (χ3v) is 11.0. The molecule has 2 saturated carbocycles. The van der Waals surface area contributed by atoms with Crippen LogP contribution in [0.25, 0.3) is 11.1 Å². The van der Waals surface area contributed by atoms with Gasteiger partial charge in [0.05, 0.1) is 18.9 Å². The van der Waals surface area contributed by atoms with Crippen molar-refractivity contribution in [2.45, 2.75) is 89.3 Å². The Labute approximate surface area is 296 Å². The molecule has 0 N–H and O–H groups in total. The fraction of sp³-hybridized carbons (Fsp3) is 0.564. The van der Waals surface area contributed by atoms with Crippen molar-refractivity contribution < 1.29 is 19.1 Å². The second kappa shape index (κ2) is 15.6. The van der Waals surface area contributed by atoms with E-state index in [-0.39, 0.29) is 30.1 Å². The molecule has 0 atom stereocenters. The molecule has 2 aromatic heterocycles. The molecule has 2 amide bonds. The van der Waals surface area contributed by atoms with E-state index in [1.165, 1.54) is 5.56 Å². The van der Waals surface area contributed by atoms with Crippen molar-refractivity contribution in [2.75, 3.05) is 45.7 Å². The summed E-state index contributed by atoms with van der Waals surface area (Å²) in [6.07, 6.45) is 12.0. The molecule has 6 rings (SSSR count). The SMILES string of the molecule is COc1ccc(C2CCC(CN(C(=O)C3CCC(OC(=O)N4CC(N(C)C)C4)CC3)c3cc(-c4cnn(C(C)C)c4)ccn3)CC2)cc1C#N. The molecule has 3 fully saturated rings. The first-order valence-electron chi connectivity index (χ1n) is 18.2. The van der Waals surface area contributed by atoms with E-state index in [2.05, 4.69) is 36.0 Å². The molecule has 0 spiro atoms. The van der Waals surface area contributed by atoms with Crippen LogP contribution in [0.4, 0.5) is 10.6 Å². The highest BCUT2D eigenvalue weighted by molar-refractivity contribution is 5.94. The number of anilines is 1. The third kappa shape index (κ3) is 7.96. The van der Waals surface area contributed by atoms with Crippen molar-refractivity contribution in [3.05, 3.63) is 60.0 Å². The molecule has 11 nitrogen and oxygen atoms in total. The summed E-state index contributed by atoms with van der Waals surface area (Å²) >= 11 is 0. The number of ether oxygens (including phenoxy) is 2. The van der Waals surface area contributed by atoms with E-state index in [1.807, 2.05) is 60.3 Å². The van der Waals surface area contributed by atoms with Crippen LogP contribution < -0.4 is 9.64 Å². The summed E-state index contributed by atoms with van der Waals surface area (Å²) in [6.45, 7) is 6.20. The van der Waals surface area contributed by atoms with Crippen molar-refractivity contribution in [1.82, 2.24) is 24.6 Å². The number of pyridine rings is 1. The van der Waals surface area contributed by atoms with Crippen molar-refractivity contribution in [1.29, 1.82) is 5.26 Å². The highest BCUT2D eigenvalue weighted by atomic mass is 16.6. The van der Waals surface area contributed by atoms with Crippen LogP contribution in [0.15, 0.2) is 48.9 Å². The lowest BCUT2D eigenvalue weighted by Gasteiger charge is -2.42. The van der Waals surface area contributed by atoms with Gasteiger partial charge in [0, 0.05) is 55.6 Å². The minimum absolute atomic E-state index is 0.102. The van der Waals surface area contributed by atoms with Gasteiger partial charge in [0.25, 0.3) is 0 Å². The van der Waals surface area contributed by atoms with Gasteiger partial charge in [-0.15, -0.1) is 0 Å². The number of hydrogen-bond donors (Lipinski definition) is 0. The highest BCUT2D eigenvalue weighted by Gasteiger charge is 2.37. The molecule has 1 aliphatic heterocycles. The van der Waals surface area contributed by atoms with Gasteiger partial charge < -0.3 is 19.3 Å². The number of hydrogen-bond acceptors (Lipinski definition) is 8. The van der Waals surface area contributed by atoms with Gasteiger partial charge in [0.2, 0.25) is 5.91 Å². The smallest absolute Gasteiger partial charge is 0.410 e. The quantitative estimate of drug-likeness (QED) is 0.234. The number of carbonyl (C=O) groups excluding carboxylic acids is 2. The predicted molar refractivity (Wildman–Crippen MR) is 192 cm³/mol. The van der Waals surface area contributed by atoms with Gasteiger partial charge in [0.15, 0.2) is 0 Å². The first kappa shape index (κ1) is 35.4. The van der Waals surface area contributed by atoms with Gasteiger partial charge in [-0.05, 0) is 127 Å². The Hall–Kier alpha value is -4.43. The average molecular weight is 682 g/mol. The van der Waals surface area contributed by atoms with E-state index in [4.69, 9.17) is 14.5 Å². The number of likely N-dealkylation sites (tertiary alicyclic amines) is 1. The van der Waals surface area contributed by atoms with Crippen molar-refractivity contribution in [3.8, 4) is 22.9 Å². The van der Waals surface area contributed by atoms with Crippen molar-refractivity contribution in [2.24, 2.45) is 11.8 Å². The molecular formula is C39H51N7O4. The van der Waals surface area contributed by atoms with E-state index in [9.17, 15) is 14.9 Å². The van der Waals surface area contributed by atoms with Crippen LogP contribution in [0.5, 0.6) is 5.75 Å². The van der Waals surface area contributed by atoms with Gasteiger partial charge in [-0.25, -0.2) is 9.78 Å². The first-order valence-corrected chi connectivity index (χ1v) is 18.2. The maximum absolute atomic E-state index is 14.4. The molecule has 3 heterocycles. The maximum Gasteiger partial charge on any atom is 0.410 e. The standard InChI is InChI=1S/C39H51N7O4/c1-26(2)46-23-33(21-42-46)31-16-17-41-37(19-31)45(22-27-6-8-28(9-7-27)30-12-15-36(49-5)32(18-30)20-40)38(47)29-10-13-35(14-11-29)50-39(48)44-24-34(25-44)43(3)4/h12,15-19,21,23,26-29,34-35H,6-11,13-14,22,24-25H2,1-5H3. The Bertz CT molecular complexity index is 1680. The molecular weight excluding hydrogens is 630 g/mol. The number of methoxy groups -OCH3 is 1. The minimum atomic E-state index is -0.240. The molecule has 3 aliphatic rings. The van der Waals surface area contributed by atoms with Gasteiger partial charge >= 0.3 is 6.09 Å². The number of rotatable bonds is 10. The van der Waals surface area contributed by atoms with E-state index in [0.29, 0.717) is 80.3 Å². The summed E-state index contributed by atoms with van der Waals surface area (Å²) in [4.78, 5) is 37.7. The minimum Gasteiger partial charge on any atom is -0.495 e. The number of carbonyl (C=O) groups is 2. The Morgan fingerprint density at radius 2 is 1.74 bits per heavy atom. The van der Waals surface area contributed by atoms with E-state index in [1.54, 1.807) is 18.2 Å². The van der Waals surface area contributed by atoms with Crippen LogP contribution in [0.2, 0.25) is 0 Å². The number of aromatic nitrogens is 3. The van der Waals surface area contributed by atoms with E-state index < -0.39 is 0 Å². The van der Waals surface area contributed by atoms with E-state index in [0.717, 1.165) is 36.8 Å². The lowest BCUT2D eigenvalue weighted by Crippen LogP contribution is -2.59. The Kier molecular flexibility index (Phi) is 11.1. The number of benzene rings is 1. The molecule has 0 unspecified atom stereocenters. The zero-order valence-corrected chi connectivity index (χ0v) is 30.1. The molecule has 1 aromatic carbocycles. The Morgan fingerprint density at radius 3 is 2.38 bits per heavy atom. The van der Waals surface area contributed by atoms with Gasteiger partial charge in [-0.1, -0.05) is 6.07 Å². The number of nitriles is 1. The molecule has 2 aliphatic carbocycles. The Morgan fingerprint density at radius 1 is 1.00 bits per heavy atom. The van der Waals surface area contributed by atoms with Crippen LogP contribution in [0.3, 0.4) is 0 Å². The molecule has 0 radical (unpaired) electrons. The lowest BCUT2D eigenvalue weighted by molar-refractivity contribution is -0.124. The topological polar surface area (TPSA) is 117 Å². The monoisotopic (exact) mass is 681 g/mol. The molecule has 0 bridgehead atoms. The van der Waals surface area contributed by atoms with Crippen LogP contribution >= 0.6 is 0 Å². The maximum atomic E-state index is 14.4. The van der Waals surface area contributed by atoms with Gasteiger partial charge in [-0.3, -0.25) is 14.4 Å². The van der Waals surface area contributed by atoms with Crippen molar-refractivity contribution >= 4 is 17.8 Å². The summed E-state index contributed by atoms with van der Waals surface area (Å²) in [6, 6.07) is 12.8. The zero-order chi connectivity index (χ0) is 35.4. The van der Waals surface area contributed by atoms with Gasteiger partial charge in [0.1, 0.15) is 23.7 Å². The molecule has 50 heavy (non-hydrogen) atoms. The highest BCUT2D eigenvalue weighted by Crippen LogP contribution is 2.39. The first-order chi connectivity index (χ1) is 24.1. The normalized spacial score (nSPS) is 22.6. The predicted octanol–water partition coefficient (Wildman–Crippen LogP) is 6.65. The molecule has 266 valence electrons. The zero-order valence-electron chi connectivity index (χ0n) is 30.1. The number of likely N-dealkylation sites (N-methyl/N-ethyl adjacent to an activating group) is 1. The van der Waals surface area contributed by atoms with Crippen LogP contribution in [-0.4, -0.2) is 89.5 Å². The molecule has 3 aromatic rings. The van der Waals surface area contributed by atoms with Crippen LogP contribution in [-0.2, 0) is 9.53 Å². The average Bonchev–Trinajstić information content (AvgIpc) is 3.61. The second-order valence-corrected chi connectivity index (χ2v) is 14.8. The van der Waals surface area contributed by atoms with Crippen LogP contribution in [0, 0.1) is 23.2 Å². The van der Waals surface area contributed by atoms with Crippen molar-refractivity contribution in [3.63, 3.8) is 0 Å². The van der Waals surface area contributed by atoms with Crippen LogP contribution in [0.1, 0.15) is 88.3 Å². The van der Waals surface area contributed by atoms with E-state index >= 15 is 0 Å². The second-order valence-electron chi connectivity index (χ2n) is 14.8. The third-order valence-electron chi connectivity index (χ3n) is 11.0. The number of nitrogens with zero attached hydrogens (tertiary/aromatic N) is 7. The fourth-order valence-electron chi connectivity index (χ4n) is 7.61. The summed E-state index contributed by atoms with van der Waals surface area (Å²) in [5.74, 6) is 1.92. The fourth-order valence-corrected chi connectivity index (χ4v) is 7.61. The molecule has 11 heteroatoms.